The number of rotatable bonds is 3. The molecule has 0 saturated carbocycles. The van der Waals surface area contributed by atoms with Crippen LogP contribution in [0.2, 0.25) is 0 Å². The number of hydrogen-bond acceptors (Lipinski definition) is 1. The van der Waals surface area contributed by atoms with Crippen molar-refractivity contribution >= 4 is 33.2 Å². The van der Waals surface area contributed by atoms with Crippen molar-refractivity contribution in [1.82, 2.24) is 0 Å². The van der Waals surface area contributed by atoms with Crippen molar-refractivity contribution in [3.05, 3.63) is 28.5 Å². The standard InChI is InChI=1S/C9H10BrClFN/c1-13(5-4-11)9-6-7(10)2-3-8(9)12/h2-3,6H,4-5H2,1H3. The molecule has 72 valence electrons. The van der Waals surface area contributed by atoms with E-state index in [1.807, 2.05) is 7.05 Å². The normalized spacial score (nSPS) is 10.2. The third-order valence-corrected chi connectivity index (χ3v) is 2.40. The fraction of sp³-hybridized carbons (Fsp3) is 0.333. The number of alkyl halides is 1. The Morgan fingerprint density at radius 3 is 2.85 bits per heavy atom. The molecule has 4 heteroatoms. The van der Waals surface area contributed by atoms with Crippen molar-refractivity contribution in [2.45, 2.75) is 0 Å². The maximum absolute atomic E-state index is 13.2. The summed E-state index contributed by atoms with van der Waals surface area (Å²) in [5.41, 5.74) is 0.565. The summed E-state index contributed by atoms with van der Waals surface area (Å²) in [6, 6.07) is 4.85. The topological polar surface area (TPSA) is 3.24 Å². The molecule has 13 heavy (non-hydrogen) atoms. The van der Waals surface area contributed by atoms with Crippen LogP contribution in [-0.2, 0) is 0 Å². The first-order valence-corrected chi connectivity index (χ1v) is 5.20. The Hall–Kier alpha value is -0.280. The zero-order valence-electron chi connectivity index (χ0n) is 7.23. The molecule has 1 aromatic rings. The molecule has 1 rings (SSSR count). The van der Waals surface area contributed by atoms with Gasteiger partial charge in [-0.1, -0.05) is 15.9 Å². The second-order valence-electron chi connectivity index (χ2n) is 2.71. The Morgan fingerprint density at radius 2 is 2.23 bits per heavy atom. The average Bonchev–Trinajstić information content (AvgIpc) is 2.09. The predicted molar refractivity (Wildman–Crippen MR) is 58.1 cm³/mol. The Morgan fingerprint density at radius 1 is 1.54 bits per heavy atom. The molecule has 0 aliphatic rings. The van der Waals surface area contributed by atoms with Gasteiger partial charge in [-0.2, -0.15) is 0 Å². The van der Waals surface area contributed by atoms with Gasteiger partial charge in [-0.25, -0.2) is 4.39 Å². The van der Waals surface area contributed by atoms with Gasteiger partial charge in [0.2, 0.25) is 0 Å². The maximum Gasteiger partial charge on any atom is 0.146 e. The van der Waals surface area contributed by atoms with E-state index in [4.69, 9.17) is 11.6 Å². The summed E-state index contributed by atoms with van der Waals surface area (Å²) < 4.78 is 14.1. The number of nitrogens with zero attached hydrogens (tertiary/aromatic N) is 1. The van der Waals surface area contributed by atoms with Gasteiger partial charge >= 0.3 is 0 Å². The fourth-order valence-electron chi connectivity index (χ4n) is 1.03. The van der Waals surface area contributed by atoms with E-state index in [0.29, 0.717) is 18.1 Å². The van der Waals surface area contributed by atoms with E-state index < -0.39 is 0 Å². The second-order valence-corrected chi connectivity index (χ2v) is 4.00. The van der Waals surface area contributed by atoms with Gasteiger partial charge in [0.1, 0.15) is 5.82 Å². The van der Waals surface area contributed by atoms with Crippen molar-refractivity contribution in [3.8, 4) is 0 Å². The monoisotopic (exact) mass is 265 g/mol. The van der Waals surface area contributed by atoms with E-state index in [1.165, 1.54) is 6.07 Å². The van der Waals surface area contributed by atoms with E-state index in [9.17, 15) is 4.39 Å². The molecule has 0 spiro atoms. The maximum atomic E-state index is 13.2. The fourth-order valence-corrected chi connectivity index (χ4v) is 1.63. The van der Waals surface area contributed by atoms with Crippen LogP contribution < -0.4 is 4.90 Å². The zero-order chi connectivity index (χ0) is 9.84. The molecule has 0 unspecified atom stereocenters. The van der Waals surface area contributed by atoms with Crippen LogP contribution in [0.25, 0.3) is 0 Å². The van der Waals surface area contributed by atoms with E-state index >= 15 is 0 Å². The molecular formula is C9H10BrClFN. The van der Waals surface area contributed by atoms with E-state index in [0.717, 1.165) is 4.47 Å². The Bertz CT molecular complexity index is 293. The summed E-state index contributed by atoms with van der Waals surface area (Å²) in [5.74, 6) is 0.262. The number of anilines is 1. The molecule has 0 N–H and O–H groups in total. The largest absolute Gasteiger partial charge is 0.371 e. The van der Waals surface area contributed by atoms with Gasteiger partial charge in [-0.05, 0) is 18.2 Å². The molecule has 0 radical (unpaired) electrons. The lowest BCUT2D eigenvalue weighted by atomic mass is 10.3. The van der Waals surface area contributed by atoms with Crippen LogP contribution in [0.4, 0.5) is 10.1 Å². The lowest BCUT2D eigenvalue weighted by Gasteiger charge is -2.18. The van der Waals surface area contributed by atoms with Crippen molar-refractivity contribution in [2.75, 3.05) is 24.4 Å². The summed E-state index contributed by atoms with van der Waals surface area (Å²) >= 11 is 8.85. The van der Waals surface area contributed by atoms with Gasteiger partial charge in [0.25, 0.3) is 0 Å². The van der Waals surface area contributed by atoms with Gasteiger partial charge in [-0.15, -0.1) is 11.6 Å². The van der Waals surface area contributed by atoms with Crippen LogP contribution in [0.3, 0.4) is 0 Å². The molecule has 0 atom stereocenters. The van der Waals surface area contributed by atoms with Gasteiger partial charge in [0, 0.05) is 23.9 Å². The van der Waals surface area contributed by atoms with Gasteiger partial charge < -0.3 is 4.90 Å². The van der Waals surface area contributed by atoms with Crippen molar-refractivity contribution in [1.29, 1.82) is 0 Å². The Kier molecular flexibility index (Phi) is 4.00. The van der Waals surface area contributed by atoms with E-state index in [2.05, 4.69) is 15.9 Å². The van der Waals surface area contributed by atoms with Crippen LogP contribution in [0.15, 0.2) is 22.7 Å². The predicted octanol–water partition coefficient (Wildman–Crippen LogP) is 3.26. The molecular weight excluding hydrogens is 256 g/mol. The highest BCUT2D eigenvalue weighted by Gasteiger charge is 2.06. The smallest absolute Gasteiger partial charge is 0.146 e. The summed E-state index contributed by atoms with van der Waals surface area (Å²) in [4.78, 5) is 1.78. The Labute approximate surface area is 90.6 Å². The summed E-state index contributed by atoms with van der Waals surface area (Å²) in [5, 5.41) is 0. The quantitative estimate of drug-likeness (QED) is 0.759. The molecule has 0 bridgehead atoms. The minimum absolute atomic E-state index is 0.226. The highest BCUT2D eigenvalue weighted by molar-refractivity contribution is 9.10. The van der Waals surface area contributed by atoms with Crippen molar-refractivity contribution in [2.24, 2.45) is 0 Å². The zero-order valence-corrected chi connectivity index (χ0v) is 9.57. The highest BCUT2D eigenvalue weighted by Crippen LogP contribution is 2.22. The SMILES string of the molecule is CN(CCCl)c1cc(Br)ccc1F. The lowest BCUT2D eigenvalue weighted by Crippen LogP contribution is -2.20. The number of hydrogen-bond donors (Lipinski definition) is 0. The summed E-state index contributed by atoms with van der Waals surface area (Å²) in [6.07, 6.45) is 0. The molecule has 1 nitrogen and oxygen atoms in total. The number of benzene rings is 1. The second kappa shape index (κ2) is 4.82. The van der Waals surface area contributed by atoms with Crippen LogP contribution in [0.1, 0.15) is 0 Å². The van der Waals surface area contributed by atoms with Crippen LogP contribution in [0.5, 0.6) is 0 Å². The minimum atomic E-state index is -0.226. The van der Waals surface area contributed by atoms with Crippen molar-refractivity contribution < 1.29 is 4.39 Å². The van der Waals surface area contributed by atoms with E-state index in [-0.39, 0.29) is 5.82 Å². The molecule has 0 aliphatic heterocycles. The first kappa shape index (κ1) is 10.8. The number of halogens is 3. The lowest BCUT2D eigenvalue weighted by molar-refractivity contribution is 0.623. The van der Waals surface area contributed by atoms with Gasteiger partial charge in [0.15, 0.2) is 0 Å². The van der Waals surface area contributed by atoms with Crippen LogP contribution in [0, 0.1) is 5.82 Å². The minimum Gasteiger partial charge on any atom is -0.371 e. The average molecular weight is 267 g/mol. The summed E-state index contributed by atoms with van der Waals surface area (Å²) in [6.45, 7) is 0.634. The molecule has 0 saturated heterocycles. The van der Waals surface area contributed by atoms with E-state index in [1.54, 1.807) is 17.0 Å². The molecule has 0 amide bonds. The first-order valence-electron chi connectivity index (χ1n) is 3.87. The van der Waals surface area contributed by atoms with Gasteiger partial charge in [-0.3, -0.25) is 0 Å². The van der Waals surface area contributed by atoms with Gasteiger partial charge in [0.05, 0.1) is 5.69 Å². The molecule has 0 heterocycles. The molecule has 0 aliphatic carbocycles. The van der Waals surface area contributed by atoms with Crippen LogP contribution in [-0.4, -0.2) is 19.5 Å². The third kappa shape index (κ3) is 2.85. The summed E-state index contributed by atoms with van der Waals surface area (Å²) in [7, 11) is 1.81. The molecule has 0 fully saturated rings. The molecule has 1 aromatic carbocycles. The van der Waals surface area contributed by atoms with Crippen LogP contribution >= 0.6 is 27.5 Å². The third-order valence-electron chi connectivity index (χ3n) is 1.74. The Balaban J connectivity index is 2.91. The van der Waals surface area contributed by atoms with Crippen molar-refractivity contribution in [3.63, 3.8) is 0 Å². The first-order chi connectivity index (χ1) is 6.15. The highest BCUT2D eigenvalue weighted by atomic mass is 79.9. The molecule has 0 aromatic heterocycles.